The minimum Gasteiger partial charge on any atom is -0.349 e. The van der Waals surface area contributed by atoms with E-state index in [2.05, 4.69) is 41.2 Å². The van der Waals surface area contributed by atoms with Gasteiger partial charge in [0.25, 0.3) is 5.91 Å². The van der Waals surface area contributed by atoms with E-state index in [4.69, 9.17) is 0 Å². The lowest BCUT2D eigenvalue weighted by molar-refractivity contribution is 0.0920. The fourth-order valence-electron chi connectivity index (χ4n) is 6.41. The number of pyridine rings is 1. The first-order chi connectivity index (χ1) is 18.9. The second-order valence-corrected chi connectivity index (χ2v) is 11.8. The number of benzene rings is 2. The van der Waals surface area contributed by atoms with E-state index in [9.17, 15) is 9.59 Å². The van der Waals surface area contributed by atoms with E-state index in [1.807, 2.05) is 37.3 Å². The molecule has 0 saturated heterocycles. The van der Waals surface area contributed by atoms with Gasteiger partial charge in [-0.15, -0.1) is 0 Å². The highest BCUT2D eigenvalue weighted by Crippen LogP contribution is 2.29. The first-order valence-electron chi connectivity index (χ1n) is 15.0. The molecule has 0 bridgehead atoms. The Hall–Kier alpha value is -3.05. The number of hydrogen-bond donors (Lipinski definition) is 1. The Kier molecular flexibility index (Phi) is 8.76. The summed E-state index contributed by atoms with van der Waals surface area (Å²) in [6, 6.07) is 14.6. The summed E-state index contributed by atoms with van der Waals surface area (Å²) in [5, 5.41) is 4.26. The summed E-state index contributed by atoms with van der Waals surface area (Å²) < 4.78 is 0. The Labute approximate surface area is 233 Å². The van der Waals surface area contributed by atoms with E-state index in [1.165, 1.54) is 30.4 Å². The van der Waals surface area contributed by atoms with Gasteiger partial charge in [-0.2, -0.15) is 0 Å². The fraction of sp³-hybridized carbons (Fsp3) is 0.500. The van der Waals surface area contributed by atoms with Crippen molar-refractivity contribution in [1.82, 2.24) is 15.2 Å². The molecule has 0 radical (unpaired) electrons. The smallest absolute Gasteiger partial charge is 0.252 e. The summed E-state index contributed by atoms with van der Waals surface area (Å²) in [5.41, 5.74) is 7.39. The molecule has 5 nitrogen and oxygen atoms in total. The van der Waals surface area contributed by atoms with Crippen LogP contribution in [0, 0.1) is 19.8 Å². The van der Waals surface area contributed by atoms with Crippen molar-refractivity contribution in [2.24, 2.45) is 5.92 Å². The molecule has 1 amide bonds. The first kappa shape index (κ1) is 27.5. The zero-order valence-corrected chi connectivity index (χ0v) is 23.9. The van der Waals surface area contributed by atoms with Crippen molar-refractivity contribution >= 4 is 22.6 Å². The molecule has 1 saturated carbocycles. The Morgan fingerprint density at radius 1 is 0.949 bits per heavy atom. The van der Waals surface area contributed by atoms with Gasteiger partial charge < -0.3 is 10.2 Å². The monoisotopic (exact) mass is 525 g/mol. The van der Waals surface area contributed by atoms with E-state index in [0.29, 0.717) is 6.42 Å². The number of amides is 1. The van der Waals surface area contributed by atoms with Crippen molar-refractivity contribution in [3.63, 3.8) is 0 Å². The average Bonchev–Trinajstić information content (AvgIpc) is 3.15. The van der Waals surface area contributed by atoms with Crippen LogP contribution in [0.1, 0.15) is 95.0 Å². The van der Waals surface area contributed by atoms with Crippen LogP contribution in [0.2, 0.25) is 0 Å². The summed E-state index contributed by atoms with van der Waals surface area (Å²) in [5.74, 6) is 1.03. The zero-order chi connectivity index (χ0) is 27.4. The highest BCUT2D eigenvalue weighted by molar-refractivity contribution is 6.07. The van der Waals surface area contributed by atoms with E-state index in [-0.39, 0.29) is 17.7 Å². The normalized spacial score (nSPS) is 19.9. The third-order valence-corrected chi connectivity index (χ3v) is 8.88. The van der Waals surface area contributed by atoms with Crippen LogP contribution < -0.4 is 5.32 Å². The molecule has 5 heteroatoms. The standard InChI is InChI=1S/C34H43N3O2/c1-4-5-32(38)28-11-10-26-17-20-37(21-18-27(26)22-28)19-16-25-8-12-29(13-9-25)36-34(39)31-14-6-23(2)33-30(31)15-7-24(3)35-33/h6-7,10-11,14-15,22,25,29H,4-5,8-9,12-13,16-21H2,1-3H3,(H,36,39). The number of carbonyl (C=O) groups is 2. The van der Waals surface area contributed by atoms with Crippen molar-refractivity contribution in [3.05, 3.63) is 76.0 Å². The van der Waals surface area contributed by atoms with Crippen LogP contribution >= 0.6 is 0 Å². The predicted molar refractivity (Wildman–Crippen MR) is 159 cm³/mol. The Bertz CT molecular complexity index is 1340. The van der Waals surface area contributed by atoms with Gasteiger partial charge in [0.05, 0.1) is 5.52 Å². The van der Waals surface area contributed by atoms with Crippen molar-refractivity contribution < 1.29 is 9.59 Å². The summed E-state index contributed by atoms with van der Waals surface area (Å²) in [6.07, 6.45) is 9.33. The number of ketones is 1. The molecule has 3 aromatic rings. The molecule has 1 aliphatic heterocycles. The van der Waals surface area contributed by atoms with Gasteiger partial charge in [0.2, 0.25) is 0 Å². The van der Waals surface area contributed by atoms with Crippen LogP contribution in [-0.2, 0) is 12.8 Å². The highest BCUT2D eigenvalue weighted by atomic mass is 16.1. The number of nitrogens with one attached hydrogen (secondary N) is 1. The van der Waals surface area contributed by atoms with Crippen molar-refractivity contribution in [1.29, 1.82) is 0 Å². The number of carbonyl (C=O) groups excluding carboxylic acids is 2. The average molecular weight is 526 g/mol. The number of Topliss-reactive ketones (excluding diaryl/α,β-unsaturated/α-hetero) is 1. The molecular weight excluding hydrogens is 482 g/mol. The molecule has 1 N–H and O–H groups in total. The number of fused-ring (bicyclic) bond motifs is 2. The minimum absolute atomic E-state index is 0.0257. The Balaban J connectivity index is 1.09. The first-order valence-corrected chi connectivity index (χ1v) is 15.0. The molecule has 0 spiro atoms. The maximum Gasteiger partial charge on any atom is 0.252 e. The lowest BCUT2D eigenvalue weighted by atomic mass is 9.84. The molecule has 5 rings (SSSR count). The number of hydrogen-bond acceptors (Lipinski definition) is 4. The molecule has 0 atom stereocenters. The summed E-state index contributed by atoms with van der Waals surface area (Å²) >= 11 is 0. The number of rotatable bonds is 8. The van der Waals surface area contributed by atoms with Crippen LogP contribution in [0.15, 0.2) is 42.5 Å². The molecule has 1 aliphatic carbocycles. The van der Waals surface area contributed by atoms with Gasteiger partial charge in [-0.3, -0.25) is 14.6 Å². The van der Waals surface area contributed by atoms with Gasteiger partial charge in [-0.25, -0.2) is 0 Å². The molecule has 1 fully saturated rings. The Morgan fingerprint density at radius 2 is 1.72 bits per heavy atom. The van der Waals surface area contributed by atoms with E-state index >= 15 is 0 Å². The predicted octanol–water partition coefficient (Wildman–Crippen LogP) is 6.61. The molecule has 2 heterocycles. The van der Waals surface area contributed by atoms with Gasteiger partial charge >= 0.3 is 0 Å². The third-order valence-electron chi connectivity index (χ3n) is 8.88. The number of aromatic nitrogens is 1. The molecule has 2 aliphatic rings. The van der Waals surface area contributed by atoms with Crippen LogP contribution in [0.5, 0.6) is 0 Å². The van der Waals surface area contributed by atoms with E-state index in [1.54, 1.807) is 0 Å². The van der Waals surface area contributed by atoms with Crippen molar-refractivity contribution in [2.45, 2.75) is 84.6 Å². The largest absolute Gasteiger partial charge is 0.349 e. The van der Waals surface area contributed by atoms with Gasteiger partial charge in [0.1, 0.15) is 0 Å². The van der Waals surface area contributed by atoms with Crippen molar-refractivity contribution in [3.8, 4) is 0 Å². The molecule has 206 valence electrons. The topological polar surface area (TPSA) is 62.3 Å². The molecule has 39 heavy (non-hydrogen) atoms. The van der Waals surface area contributed by atoms with Crippen LogP contribution in [0.4, 0.5) is 0 Å². The highest BCUT2D eigenvalue weighted by Gasteiger charge is 2.25. The molecule has 0 unspecified atom stereocenters. The second-order valence-electron chi connectivity index (χ2n) is 11.8. The summed E-state index contributed by atoms with van der Waals surface area (Å²) in [7, 11) is 0. The van der Waals surface area contributed by atoms with Crippen molar-refractivity contribution in [2.75, 3.05) is 19.6 Å². The molecular formula is C34H43N3O2. The number of nitrogens with zero attached hydrogens (tertiary/aromatic N) is 2. The zero-order valence-electron chi connectivity index (χ0n) is 23.9. The maximum atomic E-state index is 13.2. The van der Waals surface area contributed by atoms with Gasteiger partial charge in [-0.05, 0) is 113 Å². The quantitative estimate of drug-likeness (QED) is 0.336. The Morgan fingerprint density at radius 3 is 2.49 bits per heavy atom. The van der Waals surface area contributed by atoms with E-state index in [0.717, 1.165) is 90.9 Å². The molecule has 1 aromatic heterocycles. The lowest BCUT2D eigenvalue weighted by Gasteiger charge is -2.31. The van der Waals surface area contributed by atoms with Gasteiger partial charge in [-0.1, -0.05) is 31.2 Å². The van der Waals surface area contributed by atoms with Gasteiger partial charge in [0.15, 0.2) is 5.78 Å². The minimum atomic E-state index is 0.0257. The van der Waals surface area contributed by atoms with Crippen LogP contribution in [0.25, 0.3) is 10.9 Å². The SMILES string of the molecule is CCCC(=O)c1ccc2c(c1)CCN(CCC1CCC(NC(=O)c3ccc(C)c4nc(C)ccc34)CC1)CC2. The third kappa shape index (κ3) is 6.58. The molecule has 2 aromatic carbocycles. The fourth-order valence-corrected chi connectivity index (χ4v) is 6.41. The van der Waals surface area contributed by atoms with Crippen LogP contribution in [-0.4, -0.2) is 47.3 Å². The lowest BCUT2D eigenvalue weighted by Crippen LogP contribution is -2.38. The maximum absolute atomic E-state index is 13.2. The summed E-state index contributed by atoms with van der Waals surface area (Å²) in [6.45, 7) is 9.41. The second kappa shape index (κ2) is 12.4. The van der Waals surface area contributed by atoms with Crippen LogP contribution in [0.3, 0.4) is 0 Å². The summed E-state index contributed by atoms with van der Waals surface area (Å²) in [4.78, 5) is 32.8. The van der Waals surface area contributed by atoms with E-state index < -0.39 is 0 Å². The van der Waals surface area contributed by atoms with Gasteiger partial charge in [0, 0.05) is 47.8 Å². The number of aryl methyl sites for hydroxylation is 2.